The molecule has 7 heteroatoms. The highest BCUT2D eigenvalue weighted by Gasteiger charge is 2.17. The maximum atomic E-state index is 11.1. The van der Waals surface area contributed by atoms with E-state index in [2.05, 4.69) is 5.32 Å². The summed E-state index contributed by atoms with van der Waals surface area (Å²) in [7, 11) is 0. The monoisotopic (exact) mass is 247 g/mol. The number of carboxylic acids is 2. The molecule has 0 aromatic carbocycles. The van der Waals surface area contributed by atoms with Gasteiger partial charge in [0.15, 0.2) is 0 Å². The molecule has 0 rings (SSSR count). The fourth-order valence-corrected chi connectivity index (χ4v) is 1.33. The topological polar surface area (TPSA) is 104 Å². The van der Waals surface area contributed by atoms with Crippen LogP contribution in [0.4, 0.5) is 0 Å². The van der Waals surface area contributed by atoms with Crippen LogP contribution in [0, 0.1) is 0 Å². The molecule has 0 saturated heterocycles. The van der Waals surface area contributed by atoms with Crippen LogP contribution in [0.3, 0.4) is 0 Å². The average Bonchev–Trinajstić information content (AvgIpc) is 2.20. The number of thioether (sulfide) groups is 1. The maximum Gasteiger partial charge on any atom is 0.328 e. The molecule has 0 bridgehead atoms. The van der Waals surface area contributed by atoms with E-state index in [0.29, 0.717) is 18.2 Å². The normalized spacial score (nSPS) is 12.3. The summed E-state index contributed by atoms with van der Waals surface area (Å²) in [5.41, 5.74) is 0. The fourth-order valence-electron chi connectivity index (χ4n) is 0.860. The van der Waals surface area contributed by atoms with Crippen molar-refractivity contribution in [2.24, 2.45) is 0 Å². The molecular weight excluding hydrogens is 234 g/mol. The molecule has 0 aromatic heterocycles. The Labute approximate surface area is 96.7 Å². The van der Waals surface area contributed by atoms with Crippen molar-refractivity contribution in [1.82, 2.24) is 5.32 Å². The third-order valence-electron chi connectivity index (χ3n) is 1.60. The molecule has 0 aliphatic heterocycles. The van der Waals surface area contributed by atoms with Crippen molar-refractivity contribution in [1.29, 1.82) is 0 Å². The molecule has 6 nitrogen and oxygen atoms in total. The molecule has 0 radical (unpaired) electrons. The summed E-state index contributed by atoms with van der Waals surface area (Å²) >= 11 is 1.47. The smallest absolute Gasteiger partial charge is 0.328 e. The van der Waals surface area contributed by atoms with Gasteiger partial charge in [0.25, 0.3) is 0 Å². The van der Waals surface area contributed by atoms with E-state index in [-0.39, 0.29) is 0 Å². The lowest BCUT2D eigenvalue weighted by Gasteiger charge is -2.11. The van der Waals surface area contributed by atoms with Crippen LogP contribution in [0.1, 0.15) is 6.42 Å². The van der Waals surface area contributed by atoms with Gasteiger partial charge in [-0.3, -0.25) is 4.79 Å². The Morgan fingerprint density at radius 2 is 1.94 bits per heavy atom. The van der Waals surface area contributed by atoms with Crippen molar-refractivity contribution in [2.75, 3.05) is 12.0 Å². The highest BCUT2D eigenvalue weighted by molar-refractivity contribution is 7.98. The van der Waals surface area contributed by atoms with Crippen molar-refractivity contribution >= 4 is 29.6 Å². The largest absolute Gasteiger partial charge is 0.480 e. The van der Waals surface area contributed by atoms with Crippen molar-refractivity contribution < 1.29 is 24.6 Å². The van der Waals surface area contributed by atoms with Gasteiger partial charge in [-0.05, 0) is 18.4 Å². The van der Waals surface area contributed by atoms with E-state index in [9.17, 15) is 14.4 Å². The van der Waals surface area contributed by atoms with Gasteiger partial charge in [-0.25, -0.2) is 9.59 Å². The van der Waals surface area contributed by atoms with Crippen molar-refractivity contribution in [3.63, 3.8) is 0 Å². The highest BCUT2D eigenvalue weighted by atomic mass is 32.2. The Bertz CT molecular complexity index is 302. The predicted molar refractivity (Wildman–Crippen MR) is 59.3 cm³/mol. The molecule has 16 heavy (non-hydrogen) atoms. The molecule has 1 amide bonds. The number of aliphatic carboxylic acids is 2. The molecule has 0 aliphatic rings. The molecule has 1 atom stereocenters. The van der Waals surface area contributed by atoms with Crippen LogP contribution in [0.5, 0.6) is 0 Å². The standard InChI is InChI=1S/C9H13NO5S/c1-16-5-4-6(9(14)15)10-7(11)2-3-8(12)13/h2-3,6H,4-5H2,1H3,(H,10,11)(H,12,13)(H,14,15)/b3-2-/t6-/m0/s1. The number of hydrogen-bond acceptors (Lipinski definition) is 4. The second kappa shape index (κ2) is 7.75. The Morgan fingerprint density at radius 3 is 2.38 bits per heavy atom. The van der Waals surface area contributed by atoms with Gasteiger partial charge in [-0.1, -0.05) is 0 Å². The highest BCUT2D eigenvalue weighted by Crippen LogP contribution is 2.00. The minimum absolute atomic E-state index is 0.295. The first-order chi connectivity index (χ1) is 7.47. The van der Waals surface area contributed by atoms with Gasteiger partial charge in [-0.15, -0.1) is 0 Å². The summed E-state index contributed by atoms with van der Waals surface area (Å²) in [6.45, 7) is 0. The third kappa shape index (κ3) is 6.88. The predicted octanol–water partition coefficient (Wildman–Crippen LogP) is -0.0503. The quantitative estimate of drug-likeness (QED) is 0.545. The number of amides is 1. The summed E-state index contributed by atoms with van der Waals surface area (Å²) in [4.78, 5) is 31.9. The fraction of sp³-hybridized carbons (Fsp3) is 0.444. The lowest BCUT2D eigenvalue weighted by molar-refractivity contribution is -0.141. The zero-order valence-electron chi connectivity index (χ0n) is 8.67. The lowest BCUT2D eigenvalue weighted by atomic mass is 10.2. The van der Waals surface area contributed by atoms with Crippen LogP contribution in [0.25, 0.3) is 0 Å². The van der Waals surface area contributed by atoms with E-state index in [4.69, 9.17) is 10.2 Å². The van der Waals surface area contributed by atoms with Gasteiger partial charge < -0.3 is 15.5 Å². The molecule has 0 heterocycles. The molecule has 0 spiro atoms. The summed E-state index contributed by atoms with van der Waals surface area (Å²) in [6.07, 6.45) is 3.56. The Morgan fingerprint density at radius 1 is 1.31 bits per heavy atom. The molecule has 0 aromatic rings. The summed E-state index contributed by atoms with van der Waals surface area (Å²) in [5.74, 6) is -2.52. The zero-order valence-corrected chi connectivity index (χ0v) is 9.49. The van der Waals surface area contributed by atoms with Crippen LogP contribution in [0.15, 0.2) is 12.2 Å². The van der Waals surface area contributed by atoms with Crippen LogP contribution in [-0.2, 0) is 14.4 Å². The maximum absolute atomic E-state index is 11.1. The van der Waals surface area contributed by atoms with Gasteiger partial charge in [0.1, 0.15) is 6.04 Å². The van der Waals surface area contributed by atoms with Crippen molar-refractivity contribution in [2.45, 2.75) is 12.5 Å². The first kappa shape index (κ1) is 14.5. The van der Waals surface area contributed by atoms with E-state index in [0.717, 1.165) is 6.08 Å². The van der Waals surface area contributed by atoms with Crippen LogP contribution >= 0.6 is 11.8 Å². The molecular formula is C9H13NO5S. The lowest BCUT2D eigenvalue weighted by Crippen LogP contribution is -2.40. The van der Waals surface area contributed by atoms with E-state index in [1.165, 1.54) is 11.8 Å². The Hall–Kier alpha value is -1.50. The van der Waals surface area contributed by atoms with Gasteiger partial charge in [-0.2, -0.15) is 11.8 Å². The molecule has 0 fully saturated rings. The van der Waals surface area contributed by atoms with Crippen LogP contribution < -0.4 is 5.32 Å². The van der Waals surface area contributed by atoms with E-state index in [1.54, 1.807) is 0 Å². The Balaban J connectivity index is 4.23. The number of hydrogen-bond donors (Lipinski definition) is 3. The summed E-state index contributed by atoms with van der Waals surface area (Å²) in [6, 6.07) is -0.988. The van der Waals surface area contributed by atoms with Crippen molar-refractivity contribution in [3.05, 3.63) is 12.2 Å². The van der Waals surface area contributed by atoms with Crippen LogP contribution in [0.2, 0.25) is 0 Å². The van der Waals surface area contributed by atoms with Crippen molar-refractivity contribution in [3.8, 4) is 0 Å². The SMILES string of the molecule is CSCC[C@H](NC(=O)/C=C\C(=O)O)C(=O)O. The van der Waals surface area contributed by atoms with E-state index < -0.39 is 23.9 Å². The number of carbonyl (C=O) groups excluding carboxylic acids is 1. The summed E-state index contributed by atoms with van der Waals surface area (Å²) < 4.78 is 0. The van der Waals surface area contributed by atoms with E-state index in [1.807, 2.05) is 6.26 Å². The van der Waals surface area contributed by atoms with Gasteiger partial charge >= 0.3 is 11.9 Å². The average molecular weight is 247 g/mol. The number of carbonyl (C=O) groups is 3. The van der Waals surface area contributed by atoms with Gasteiger partial charge in [0, 0.05) is 12.2 Å². The number of rotatable bonds is 7. The zero-order chi connectivity index (χ0) is 12.6. The second-order valence-corrected chi connectivity index (χ2v) is 3.84. The summed E-state index contributed by atoms with van der Waals surface area (Å²) in [5, 5.41) is 19.2. The molecule has 0 unspecified atom stereocenters. The minimum atomic E-state index is -1.26. The van der Waals surface area contributed by atoms with Gasteiger partial charge in [0.05, 0.1) is 0 Å². The molecule has 0 aliphatic carbocycles. The molecule has 90 valence electrons. The first-order valence-corrected chi connectivity index (χ1v) is 5.80. The first-order valence-electron chi connectivity index (χ1n) is 4.40. The molecule has 0 saturated carbocycles. The van der Waals surface area contributed by atoms with Crippen LogP contribution in [-0.4, -0.2) is 46.1 Å². The number of carboxylic acid groups (broad SMARTS) is 2. The molecule has 3 N–H and O–H groups in total. The van der Waals surface area contributed by atoms with Gasteiger partial charge in [0.2, 0.25) is 5.91 Å². The second-order valence-electron chi connectivity index (χ2n) is 2.85. The third-order valence-corrected chi connectivity index (χ3v) is 2.25. The minimum Gasteiger partial charge on any atom is -0.480 e. The number of nitrogens with one attached hydrogen (secondary N) is 1. The Kier molecular flexibility index (Phi) is 7.02. The van der Waals surface area contributed by atoms with E-state index >= 15 is 0 Å².